The third kappa shape index (κ3) is 2.30. The van der Waals surface area contributed by atoms with Crippen molar-refractivity contribution in [2.75, 3.05) is 17.4 Å². The maximum atomic E-state index is 9.27. The largest absolute Gasteiger partial charge is 0.396 e. The molecule has 0 aromatic carbocycles. The lowest BCUT2D eigenvalue weighted by atomic mass is 10.1. The second kappa shape index (κ2) is 5.22. The summed E-state index contributed by atoms with van der Waals surface area (Å²) < 4.78 is 1.96. The predicted molar refractivity (Wildman–Crippen MR) is 80.7 cm³/mol. The molecule has 0 bridgehead atoms. The van der Waals surface area contributed by atoms with Crippen LogP contribution in [0.1, 0.15) is 25.3 Å². The SMILES string of the molecule is OC[C@@H]1C=C[C@H](n2cnc3c(NC4CC4)nc(NO)nc32)C1. The first-order valence-electron chi connectivity index (χ1n) is 7.49. The van der Waals surface area contributed by atoms with Crippen molar-refractivity contribution in [2.45, 2.75) is 31.3 Å². The van der Waals surface area contributed by atoms with Crippen LogP contribution < -0.4 is 10.8 Å². The van der Waals surface area contributed by atoms with Gasteiger partial charge in [-0.15, -0.1) is 0 Å². The lowest BCUT2D eigenvalue weighted by Crippen LogP contribution is -2.10. The Morgan fingerprint density at radius 3 is 2.82 bits per heavy atom. The van der Waals surface area contributed by atoms with Crippen molar-refractivity contribution in [1.82, 2.24) is 19.5 Å². The third-order valence-corrected chi connectivity index (χ3v) is 4.18. The van der Waals surface area contributed by atoms with Crippen LogP contribution in [0.25, 0.3) is 11.2 Å². The van der Waals surface area contributed by atoms with E-state index in [-0.39, 0.29) is 24.5 Å². The fourth-order valence-corrected chi connectivity index (χ4v) is 2.83. The van der Waals surface area contributed by atoms with E-state index in [0.717, 1.165) is 19.3 Å². The number of fused-ring (bicyclic) bond motifs is 1. The Kier molecular flexibility index (Phi) is 3.20. The molecule has 1 saturated carbocycles. The zero-order valence-corrected chi connectivity index (χ0v) is 12.0. The molecule has 0 amide bonds. The van der Waals surface area contributed by atoms with Gasteiger partial charge in [0.25, 0.3) is 5.95 Å². The van der Waals surface area contributed by atoms with Gasteiger partial charge in [0, 0.05) is 18.6 Å². The predicted octanol–water partition coefficient (Wildman–Crippen LogP) is 1.31. The molecule has 4 N–H and O–H groups in total. The molecule has 2 atom stereocenters. The highest BCUT2D eigenvalue weighted by Crippen LogP contribution is 2.33. The number of allylic oxidation sites excluding steroid dienone is 1. The summed E-state index contributed by atoms with van der Waals surface area (Å²) in [7, 11) is 0. The fourth-order valence-electron chi connectivity index (χ4n) is 2.83. The summed E-state index contributed by atoms with van der Waals surface area (Å²) >= 11 is 0. The van der Waals surface area contributed by atoms with Crippen LogP contribution in [0.15, 0.2) is 18.5 Å². The van der Waals surface area contributed by atoms with Crippen molar-refractivity contribution in [3.05, 3.63) is 18.5 Å². The Balaban J connectivity index is 1.75. The van der Waals surface area contributed by atoms with Crippen LogP contribution >= 0.6 is 0 Å². The van der Waals surface area contributed by atoms with E-state index in [2.05, 4.69) is 26.3 Å². The average Bonchev–Trinajstić information content (AvgIpc) is 3.06. The second-order valence-electron chi connectivity index (χ2n) is 5.88. The van der Waals surface area contributed by atoms with Gasteiger partial charge in [-0.25, -0.2) is 10.5 Å². The molecule has 0 aliphatic heterocycles. The van der Waals surface area contributed by atoms with Gasteiger partial charge in [0.1, 0.15) is 0 Å². The summed E-state index contributed by atoms with van der Waals surface area (Å²) in [6.45, 7) is 0.145. The molecule has 116 valence electrons. The topological polar surface area (TPSA) is 108 Å². The highest BCUT2D eigenvalue weighted by Gasteiger charge is 2.26. The number of hydrogen-bond donors (Lipinski definition) is 4. The van der Waals surface area contributed by atoms with Gasteiger partial charge >= 0.3 is 0 Å². The molecule has 0 spiro atoms. The number of rotatable bonds is 5. The van der Waals surface area contributed by atoms with Gasteiger partial charge in [-0.05, 0) is 19.3 Å². The molecule has 0 unspecified atom stereocenters. The van der Waals surface area contributed by atoms with Crippen LogP contribution in [0.5, 0.6) is 0 Å². The maximum absolute atomic E-state index is 9.27. The van der Waals surface area contributed by atoms with Gasteiger partial charge < -0.3 is 15.0 Å². The van der Waals surface area contributed by atoms with Gasteiger partial charge in [0.05, 0.1) is 12.4 Å². The number of hydrogen-bond acceptors (Lipinski definition) is 7. The minimum atomic E-state index is 0.109. The van der Waals surface area contributed by atoms with Gasteiger partial charge in [-0.1, -0.05) is 12.2 Å². The van der Waals surface area contributed by atoms with Crippen molar-refractivity contribution in [1.29, 1.82) is 0 Å². The number of anilines is 2. The Labute approximate surface area is 126 Å². The van der Waals surface area contributed by atoms with Crippen LogP contribution in [-0.2, 0) is 0 Å². The smallest absolute Gasteiger partial charge is 0.251 e. The standard InChI is InChI=1S/C14H18N6O2/c21-6-8-1-4-10(5-8)20-7-15-11-12(16-9-2-3-9)17-14(19-22)18-13(11)20/h1,4,7-10,21-22H,2-3,5-6H2,(H2,16,17,18,19)/t8-,10+/m1/s1. The number of nitrogens with zero attached hydrogens (tertiary/aromatic N) is 4. The van der Waals surface area contributed by atoms with Crippen LogP contribution in [0.4, 0.5) is 11.8 Å². The van der Waals surface area contributed by atoms with E-state index >= 15 is 0 Å². The molecular weight excluding hydrogens is 284 g/mol. The molecule has 1 fully saturated rings. The van der Waals surface area contributed by atoms with E-state index in [0.29, 0.717) is 23.0 Å². The molecule has 2 aliphatic carbocycles. The summed E-state index contributed by atoms with van der Waals surface area (Å²) in [5.41, 5.74) is 3.39. The first kappa shape index (κ1) is 13.5. The third-order valence-electron chi connectivity index (χ3n) is 4.18. The summed E-state index contributed by atoms with van der Waals surface area (Å²) in [4.78, 5) is 13.0. The summed E-state index contributed by atoms with van der Waals surface area (Å²) in [5, 5.41) is 21.8. The summed E-state index contributed by atoms with van der Waals surface area (Å²) in [6, 6.07) is 0.539. The zero-order chi connectivity index (χ0) is 15.1. The van der Waals surface area contributed by atoms with E-state index in [1.165, 1.54) is 0 Å². The lowest BCUT2D eigenvalue weighted by molar-refractivity contribution is 0.244. The van der Waals surface area contributed by atoms with Gasteiger partial charge in [-0.3, -0.25) is 5.21 Å². The number of aliphatic hydroxyl groups excluding tert-OH is 1. The molecular formula is C14H18N6O2. The minimum absolute atomic E-state index is 0.109. The van der Waals surface area contributed by atoms with E-state index in [9.17, 15) is 5.11 Å². The Bertz CT molecular complexity index is 723. The zero-order valence-electron chi connectivity index (χ0n) is 12.0. The van der Waals surface area contributed by atoms with Crippen molar-refractivity contribution in [2.24, 2.45) is 5.92 Å². The van der Waals surface area contributed by atoms with Crippen molar-refractivity contribution in [3.8, 4) is 0 Å². The van der Waals surface area contributed by atoms with Gasteiger partial charge in [-0.2, -0.15) is 9.97 Å². The Morgan fingerprint density at radius 2 is 2.14 bits per heavy atom. The van der Waals surface area contributed by atoms with Crippen LogP contribution in [0.3, 0.4) is 0 Å². The van der Waals surface area contributed by atoms with E-state index in [1.807, 2.05) is 16.1 Å². The molecule has 8 heteroatoms. The lowest BCUT2D eigenvalue weighted by Gasteiger charge is -2.13. The van der Waals surface area contributed by atoms with E-state index in [4.69, 9.17) is 5.21 Å². The van der Waals surface area contributed by atoms with Crippen molar-refractivity contribution < 1.29 is 10.3 Å². The monoisotopic (exact) mass is 302 g/mol. The van der Waals surface area contributed by atoms with E-state index in [1.54, 1.807) is 6.33 Å². The quantitative estimate of drug-likeness (QED) is 0.487. The number of aromatic nitrogens is 4. The molecule has 2 aromatic rings. The average molecular weight is 302 g/mol. The normalized spacial score (nSPS) is 24.1. The second-order valence-corrected chi connectivity index (χ2v) is 5.88. The fraction of sp³-hybridized carbons (Fsp3) is 0.500. The van der Waals surface area contributed by atoms with Gasteiger partial charge in [0.15, 0.2) is 17.0 Å². The van der Waals surface area contributed by atoms with Crippen LogP contribution in [0, 0.1) is 5.92 Å². The molecule has 2 heterocycles. The number of imidazole rings is 1. The molecule has 4 rings (SSSR count). The number of nitrogens with one attached hydrogen (secondary N) is 2. The summed E-state index contributed by atoms with van der Waals surface area (Å²) in [6.07, 6.45) is 8.89. The van der Waals surface area contributed by atoms with Crippen LogP contribution in [-0.4, -0.2) is 42.5 Å². The van der Waals surface area contributed by atoms with Gasteiger partial charge in [0.2, 0.25) is 0 Å². The van der Waals surface area contributed by atoms with E-state index < -0.39 is 0 Å². The molecule has 8 nitrogen and oxygen atoms in total. The highest BCUT2D eigenvalue weighted by atomic mass is 16.5. The molecule has 2 aromatic heterocycles. The van der Waals surface area contributed by atoms with Crippen molar-refractivity contribution >= 4 is 22.9 Å². The van der Waals surface area contributed by atoms with Crippen LogP contribution in [0.2, 0.25) is 0 Å². The molecule has 22 heavy (non-hydrogen) atoms. The Morgan fingerprint density at radius 1 is 1.27 bits per heavy atom. The number of aliphatic hydroxyl groups is 1. The molecule has 0 saturated heterocycles. The minimum Gasteiger partial charge on any atom is -0.396 e. The molecule has 0 radical (unpaired) electrons. The summed E-state index contributed by atoms with van der Waals surface area (Å²) in [5.74, 6) is 0.963. The molecule has 2 aliphatic rings. The van der Waals surface area contributed by atoms with Crippen molar-refractivity contribution in [3.63, 3.8) is 0 Å². The first-order chi connectivity index (χ1) is 10.8. The first-order valence-corrected chi connectivity index (χ1v) is 7.49. The Hall–Kier alpha value is -2.19. The maximum Gasteiger partial charge on any atom is 0.251 e. The highest BCUT2D eigenvalue weighted by molar-refractivity contribution is 5.84.